The number of carbonyl (C=O) groups excluding carboxylic acids is 1. The number of benzene rings is 2. The van der Waals surface area contributed by atoms with Gasteiger partial charge in [-0.25, -0.2) is 9.97 Å². The van der Waals surface area contributed by atoms with E-state index in [4.69, 9.17) is 20.4 Å². The molecular formula is C28H29N7O2S. The number of aryl methyl sites for hydroxylation is 1. The number of carbonyl (C=O) groups is 1. The molecule has 0 aliphatic carbocycles. The number of rotatable bonds is 9. The largest absolute Gasteiger partial charge is 0.492 e. The standard InChI is InChI=1S/C28H29N7O2S/c1-18-26(35-13-12-21(16-25(35)30-18)37-15-14-34(2)3)24-17-38-28(33-24)31-20-10-8-19(9-11-20)27(36)32-23-7-5-4-6-22(23)29/h4-13,16-17H,14-15,29H2,1-3H3,(H,31,33)(H,32,36). The quantitative estimate of drug-likeness (QED) is 0.224. The average molecular weight is 528 g/mol. The summed E-state index contributed by atoms with van der Waals surface area (Å²) in [6, 6.07) is 18.3. The minimum absolute atomic E-state index is 0.222. The summed E-state index contributed by atoms with van der Waals surface area (Å²) in [5.74, 6) is 0.571. The van der Waals surface area contributed by atoms with Gasteiger partial charge in [0, 0.05) is 35.4 Å². The van der Waals surface area contributed by atoms with E-state index in [-0.39, 0.29) is 5.91 Å². The number of aromatic nitrogens is 3. The Balaban J connectivity index is 1.27. The number of amides is 1. The van der Waals surface area contributed by atoms with Crippen LogP contribution in [-0.4, -0.2) is 52.4 Å². The van der Waals surface area contributed by atoms with Gasteiger partial charge in [0.1, 0.15) is 23.7 Å². The summed E-state index contributed by atoms with van der Waals surface area (Å²) in [5.41, 5.74) is 11.9. The zero-order valence-electron chi connectivity index (χ0n) is 21.4. The first kappa shape index (κ1) is 25.2. The van der Waals surface area contributed by atoms with Crippen molar-refractivity contribution in [2.24, 2.45) is 0 Å². The van der Waals surface area contributed by atoms with Crippen LogP contribution >= 0.6 is 11.3 Å². The fraction of sp³-hybridized carbons (Fsp3) is 0.179. The van der Waals surface area contributed by atoms with E-state index in [0.29, 0.717) is 23.5 Å². The second-order valence-corrected chi connectivity index (χ2v) is 9.93. The Morgan fingerprint density at radius 3 is 2.66 bits per heavy atom. The van der Waals surface area contributed by atoms with Gasteiger partial charge in [0.15, 0.2) is 5.13 Å². The third kappa shape index (κ3) is 5.61. The molecule has 194 valence electrons. The summed E-state index contributed by atoms with van der Waals surface area (Å²) in [6.45, 7) is 3.44. The van der Waals surface area contributed by atoms with E-state index in [2.05, 4.69) is 15.5 Å². The fourth-order valence-corrected chi connectivity index (χ4v) is 4.68. The highest BCUT2D eigenvalue weighted by molar-refractivity contribution is 7.14. The number of imidazole rings is 1. The summed E-state index contributed by atoms with van der Waals surface area (Å²) < 4.78 is 7.89. The van der Waals surface area contributed by atoms with Crippen LogP contribution in [0.1, 0.15) is 16.1 Å². The van der Waals surface area contributed by atoms with Crippen LogP contribution in [0.25, 0.3) is 17.0 Å². The van der Waals surface area contributed by atoms with Crippen molar-refractivity contribution < 1.29 is 9.53 Å². The molecule has 5 rings (SSSR count). The lowest BCUT2D eigenvalue weighted by atomic mass is 10.2. The van der Waals surface area contributed by atoms with Crippen molar-refractivity contribution in [3.8, 4) is 17.1 Å². The van der Waals surface area contributed by atoms with Gasteiger partial charge in [0.25, 0.3) is 5.91 Å². The number of likely N-dealkylation sites (N-methyl/N-ethyl adjacent to an activating group) is 1. The fourth-order valence-electron chi connectivity index (χ4n) is 3.96. The Morgan fingerprint density at radius 2 is 1.89 bits per heavy atom. The van der Waals surface area contributed by atoms with Crippen LogP contribution in [0.5, 0.6) is 5.75 Å². The SMILES string of the molecule is Cc1nc2cc(OCCN(C)C)ccn2c1-c1csc(Nc2ccc(C(=O)Nc3ccccc3N)cc2)n1. The first-order chi connectivity index (χ1) is 18.4. The third-order valence-electron chi connectivity index (χ3n) is 5.93. The molecule has 0 spiro atoms. The number of nitrogen functional groups attached to an aromatic ring is 1. The number of ether oxygens (including phenoxy) is 1. The summed E-state index contributed by atoms with van der Waals surface area (Å²) >= 11 is 1.50. The van der Waals surface area contributed by atoms with E-state index < -0.39 is 0 Å². The molecule has 3 heterocycles. The number of nitrogens with two attached hydrogens (primary N) is 1. The zero-order chi connectivity index (χ0) is 26.6. The maximum atomic E-state index is 12.6. The number of hydrogen-bond acceptors (Lipinski definition) is 8. The van der Waals surface area contributed by atoms with Gasteiger partial charge in [-0.3, -0.25) is 9.20 Å². The van der Waals surface area contributed by atoms with Gasteiger partial charge in [-0.05, 0) is 63.5 Å². The first-order valence-electron chi connectivity index (χ1n) is 12.1. The van der Waals surface area contributed by atoms with E-state index in [1.165, 1.54) is 11.3 Å². The highest BCUT2D eigenvalue weighted by atomic mass is 32.1. The van der Waals surface area contributed by atoms with Crippen LogP contribution in [0.3, 0.4) is 0 Å². The summed E-state index contributed by atoms with van der Waals surface area (Å²) in [4.78, 5) is 24.2. The van der Waals surface area contributed by atoms with Crippen LogP contribution in [0.4, 0.5) is 22.2 Å². The van der Waals surface area contributed by atoms with Gasteiger partial charge in [-0.2, -0.15) is 0 Å². The minimum Gasteiger partial charge on any atom is -0.492 e. The second-order valence-electron chi connectivity index (χ2n) is 9.07. The number of pyridine rings is 1. The van der Waals surface area contributed by atoms with Crippen molar-refractivity contribution >= 4 is 45.1 Å². The van der Waals surface area contributed by atoms with Crippen molar-refractivity contribution in [1.29, 1.82) is 0 Å². The van der Waals surface area contributed by atoms with Crippen LogP contribution < -0.4 is 21.1 Å². The van der Waals surface area contributed by atoms with Crippen molar-refractivity contribution in [2.45, 2.75) is 6.92 Å². The monoisotopic (exact) mass is 527 g/mol. The van der Waals surface area contributed by atoms with Gasteiger partial charge in [0.05, 0.1) is 22.8 Å². The Bertz CT molecular complexity index is 1570. The number of hydrogen-bond donors (Lipinski definition) is 3. The van der Waals surface area contributed by atoms with Gasteiger partial charge < -0.3 is 26.0 Å². The van der Waals surface area contributed by atoms with E-state index >= 15 is 0 Å². The maximum Gasteiger partial charge on any atom is 0.255 e. The lowest BCUT2D eigenvalue weighted by Crippen LogP contribution is -2.19. The maximum absolute atomic E-state index is 12.6. The lowest BCUT2D eigenvalue weighted by Gasteiger charge is -2.11. The molecule has 0 aliphatic rings. The zero-order valence-corrected chi connectivity index (χ0v) is 22.2. The average Bonchev–Trinajstić information content (AvgIpc) is 3.48. The molecule has 0 bridgehead atoms. The normalized spacial score (nSPS) is 11.2. The summed E-state index contributed by atoms with van der Waals surface area (Å²) in [7, 11) is 4.04. The van der Waals surface area contributed by atoms with Crippen molar-refractivity contribution in [2.75, 3.05) is 43.6 Å². The Kier molecular flexibility index (Phi) is 7.25. The van der Waals surface area contributed by atoms with Gasteiger partial charge in [0.2, 0.25) is 0 Å². The van der Waals surface area contributed by atoms with E-state index in [0.717, 1.165) is 45.8 Å². The lowest BCUT2D eigenvalue weighted by molar-refractivity contribution is 0.102. The van der Waals surface area contributed by atoms with Crippen LogP contribution in [-0.2, 0) is 0 Å². The Morgan fingerprint density at radius 1 is 1.11 bits per heavy atom. The predicted molar refractivity (Wildman–Crippen MR) is 154 cm³/mol. The van der Waals surface area contributed by atoms with Crippen molar-refractivity contribution in [3.05, 3.63) is 83.5 Å². The summed E-state index contributed by atoms with van der Waals surface area (Å²) in [5, 5.41) is 8.91. The smallest absolute Gasteiger partial charge is 0.255 e. The summed E-state index contributed by atoms with van der Waals surface area (Å²) in [6.07, 6.45) is 1.97. The molecule has 0 aliphatic heterocycles. The van der Waals surface area contributed by atoms with Crippen LogP contribution in [0.15, 0.2) is 72.2 Å². The highest BCUT2D eigenvalue weighted by Crippen LogP contribution is 2.31. The van der Waals surface area contributed by atoms with Crippen LogP contribution in [0, 0.1) is 6.92 Å². The number of para-hydroxylation sites is 2. The molecule has 0 saturated carbocycles. The van der Waals surface area contributed by atoms with Crippen molar-refractivity contribution in [1.82, 2.24) is 19.3 Å². The molecule has 10 heteroatoms. The molecule has 0 fully saturated rings. The minimum atomic E-state index is -0.222. The molecule has 0 saturated heterocycles. The van der Waals surface area contributed by atoms with E-state index in [1.807, 2.05) is 73.4 Å². The number of fused-ring (bicyclic) bond motifs is 1. The molecule has 0 unspecified atom stereocenters. The first-order valence-corrected chi connectivity index (χ1v) is 13.0. The topological polar surface area (TPSA) is 110 Å². The number of thiazole rings is 1. The molecule has 38 heavy (non-hydrogen) atoms. The van der Waals surface area contributed by atoms with Gasteiger partial charge in [-0.15, -0.1) is 11.3 Å². The molecule has 5 aromatic rings. The highest BCUT2D eigenvalue weighted by Gasteiger charge is 2.15. The second kappa shape index (κ2) is 10.9. The van der Waals surface area contributed by atoms with Crippen LogP contribution in [0.2, 0.25) is 0 Å². The molecule has 1 amide bonds. The molecule has 9 nitrogen and oxygen atoms in total. The van der Waals surface area contributed by atoms with Gasteiger partial charge >= 0.3 is 0 Å². The third-order valence-corrected chi connectivity index (χ3v) is 6.69. The Labute approximate surface area is 224 Å². The number of nitrogens with one attached hydrogen (secondary N) is 2. The predicted octanol–water partition coefficient (Wildman–Crippen LogP) is 5.28. The van der Waals surface area contributed by atoms with Gasteiger partial charge in [-0.1, -0.05) is 12.1 Å². The molecule has 4 N–H and O–H groups in total. The van der Waals surface area contributed by atoms with E-state index in [1.54, 1.807) is 24.3 Å². The number of nitrogens with zero attached hydrogens (tertiary/aromatic N) is 4. The molecule has 0 radical (unpaired) electrons. The molecular weight excluding hydrogens is 498 g/mol. The molecule has 3 aromatic heterocycles. The number of anilines is 4. The molecule has 0 atom stereocenters. The molecule has 2 aromatic carbocycles. The van der Waals surface area contributed by atoms with Crippen molar-refractivity contribution in [3.63, 3.8) is 0 Å². The van der Waals surface area contributed by atoms with E-state index in [9.17, 15) is 4.79 Å². The Hall–Kier alpha value is -4.41.